The molecular formula is C31H26N6O3. The van der Waals surface area contributed by atoms with Crippen molar-refractivity contribution in [2.24, 2.45) is 7.05 Å². The minimum absolute atomic E-state index is 0.105. The predicted octanol–water partition coefficient (Wildman–Crippen LogP) is 4.89. The van der Waals surface area contributed by atoms with Crippen LogP contribution in [0.3, 0.4) is 0 Å². The van der Waals surface area contributed by atoms with Crippen LogP contribution in [-0.2, 0) is 11.8 Å². The maximum atomic E-state index is 13.3. The predicted molar refractivity (Wildman–Crippen MR) is 154 cm³/mol. The van der Waals surface area contributed by atoms with Gasteiger partial charge in [-0.05, 0) is 61.5 Å². The van der Waals surface area contributed by atoms with E-state index in [9.17, 15) is 14.9 Å². The van der Waals surface area contributed by atoms with E-state index < -0.39 is 11.5 Å². The van der Waals surface area contributed by atoms with Crippen molar-refractivity contribution in [2.75, 3.05) is 12.4 Å². The number of ether oxygens (including phenoxy) is 1. The summed E-state index contributed by atoms with van der Waals surface area (Å²) in [7, 11) is 3.33. The van der Waals surface area contributed by atoms with Gasteiger partial charge < -0.3 is 10.1 Å². The number of nitrogens with one attached hydrogen (secondary N) is 1. The molecule has 5 rings (SSSR count). The van der Waals surface area contributed by atoms with Crippen LogP contribution in [0.2, 0.25) is 0 Å². The van der Waals surface area contributed by atoms with Gasteiger partial charge in [0.15, 0.2) is 0 Å². The average molecular weight is 531 g/mol. The van der Waals surface area contributed by atoms with E-state index >= 15 is 0 Å². The lowest BCUT2D eigenvalue weighted by atomic mass is 10.1. The highest BCUT2D eigenvalue weighted by molar-refractivity contribution is 6.10. The summed E-state index contributed by atoms with van der Waals surface area (Å²) in [5, 5.41) is 17.4. The molecule has 40 heavy (non-hydrogen) atoms. The zero-order chi connectivity index (χ0) is 28.2. The molecule has 0 saturated carbocycles. The zero-order valence-electron chi connectivity index (χ0n) is 22.2. The molecule has 1 amide bonds. The summed E-state index contributed by atoms with van der Waals surface area (Å²) in [6, 6.07) is 28.0. The van der Waals surface area contributed by atoms with Crippen molar-refractivity contribution in [1.82, 2.24) is 19.1 Å². The van der Waals surface area contributed by atoms with Gasteiger partial charge in [0, 0.05) is 24.4 Å². The molecule has 0 aliphatic rings. The second-order valence-electron chi connectivity index (χ2n) is 9.00. The van der Waals surface area contributed by atoms with Crippen LogP contribution in [0.4, 0.5) is 5.69 Å². The topological polar surface area (TPSA) is 107 Å². The Kier molecular flexibility index (Phi) is 7.16. The maximum Gasteiger partial charge on any atom is 0.295 e. The summed E-state index contributed by atoms with van der Waals surface area (Å²) in [4.78, 5) is 26.6. The van der Waals surface area contributed by atoms with Crippen molar-refractivity contribution in [3.8, 4) is 34.5 Å². The van der Waals surface area contributed by atoms with Crippen molar-refractivity contribution < 1.29 is 9.53 Å². The molecule has 3 aromatic carbocycles. The van der Waals surface area contributed by atoms with Crippen molar-refractivity contribution in [2.45, 2.75) is 6.92 Å². The standard InChI is InChI=1S/C31H26N6O3/c1-21-28(31(39)37(35(21)2)26-12-8-5-9-13-26)33-30(38)23(19-32)18-24-20-36(25-10-6-4-7-11-25)34-29(24)22-14-16-27(40-3)17-15-22/h4-18,20H,1-3H3,(H,33,38). The Labute approximate surface area is 230 Å². The molecule has 9 heteroatoms. The first kappa shape index (κ1) is 26.0. The number of nitriles is 1. The van der Waals surface area contributed by atoms with Gasteiger partial charge in [-0.15, -0.1) is 0 Å². The van der Waals surface area contributed by atoms with Gasteiger partial charge in [-0.1, -0.05) is 36.4 Å². The molecule has 0 saturated heterocycles. The quantitative estimate of drug-likeness (QED) is 0.238. The number of aromatic nitrogens is 4. The number of anilines is 1. The third-order valence-electron chi connectivity index (χ3n) is 6.58. The summed E-state index contributed by atoms with van der Waals surface area (Å²) in [6.45, 7) is 1.73. The second kappa shape index (κ2) is 11.0. The number of amides is 1. The Balaban J connectivity index is 1.54. The molecule has 0 unspecified atom stereocenters. The summed E-state index contributed by atoms with van der Waals surface area (Å²) < 4.78 is 10.1. The van der Waals surface area contributed by atoms with Crippen LogP contribution in [0.25, 0.3) is 28.7 Å². The molecule has 0 bridgehead atoms. The summed E-state index contributed by atoms with van der Waals surface area (Å²) in [6.07, 6.45) is 3.24. The fourth-order valence-corrected chi connectivity index (χ4v) is 4.38. The molecule has 5 aromatic rings. The Bertz CT molecular complexity index is 1810. The number of hydrogen-bond donors (Lipinski definition) is 1. The van der Waals surface area contributed by atoms with Crippen molar-refractivity contribution in [1.29, 1.82) is 5.26 Å². The van der Waals surface area contributed by atoms with Gasteiger partial charge in [0.25, 0.3) is 11.5 Å². The SMILES string of the molecule is COc1ccc(-c2nn(-c3ccccc3)cc2C=C(C#N)C(=O)Nc2c(C)n(C)n(-c3ccccc3)c2=O)cc1. The summed E-state index contributed by atoms with van der Waals surface area (Å²) in [5.41, 5.74) is 3.49. The molecule has 2 aromatic heterocycles. The van der Waals surface area contributed by atoms with Gasteiger partial charge in [-0.25, -0.2) is 9.36 Å². The van der Waals surface area contributed by atoms with Gasteiger partial charge in [0.05, 0.1) is 29.9 Å². The smallest absolute Gasteiger partial charge is 0.295 e. The van der Waals surface area contributed by atoms with E-state index in [0.29, 0.717) is 28.4 Å². The molecule has 0 spiro atoms. The van der Waals surface area contributed by atoms with Crippen LogP contribution in [0, 0.1) is 18.3 Å². The summed E-state index contributed by atoms with van der Waals surface area (Å²) >= 11 is 0. The van der Waals surface area contributed by atoms with Gasteiger partial charge in [0.2, 0.25) is 0 Å². The Morgan fingerprint density at radius 3 is 2.20 bits per heavy atom. The van der Waals surface area contributed by atoms with E-state index in [1.54, 1.807) is 48.8 Å². The minimum Gasteiger partial charge on any atom is -0.497 e. The first-order valence-electron chi connectivity index (χ1n) is 12.5. The lowest BCUT2D eigenvalue weighted by Gasteiger charge is -2.07. The van der Waals surface area contributed by atoms with E-state index in [0.717, 1.165) is 11.3 Å². The largest absolute Gasteiger partial charge is 0.497 e. The van der Waals surface area contributed by atoms with Crippen LogP contribution >= 0.6 is 0 Å². The number of nitrogens with zero attached hydrogens (tertiary/aromatic N) is 5. The zero-order valence-corrected chi connectivity index (χ0v) is 22.2. The van der Waals surface area contributed by atoms with Crippen molar-refractivity contribution in [3.05, 3.63) is 118 Å². The third kappa shape index (κ3) is 4.93. The fourth-order valence-electron chi connectivity index (χ4n) is 4.38. The molecule has 0 fully saturated rings. The highest BCUT2D eigenvalue weighted by atomic mass is 16.5. The first-order valence-corrected chi connectivity index (χ1v) is 12.5. The van der Waals surface area contributed by atoms with Gasteiger partial charge in [-0.2, -0.15) is 10.4 Å². The van der Waals surface area contributed by atoms with E-state index in [2.05, 4.69) is 5.32 Å². The van der Waals surface area contributed by atoms with Crippen LogP contribution in [0.15, 0.2) is 101 Å². The molecule has 9 nitrogen and oxygen atoms in total. The highest BCUT2D eigenvalue weighted by Crippen LogP contribution is 2.28. The molecule has 2 heterocycles. The van der Waals surface area contributed by atoms with Crippen LogP contribution in [0.5, 0.6) is 5.75 Å². The normalized spacial score (nSPS) is 11.2. The van der Waals surface area contributed by atoms with E-state index in [-0.39, 0.29) is 11.3 Å². The van der Waals surface area contributed by atoms with Crippen LogP contribution in [-0.4, -0.2) is 32.2 Å². The third-order valence-corrected chi connectivity index (χ3v) is 6.58. The number of benzene rings is 3. The molecule has 0 atom stereocenters. The van der Waals surface area contributed by atoms with E-state index in [4.69, 9.17) is 9.84 Å². The monoisotopic (exact) mass is 530 g/mol. The first-order chi connectivity index (χ1) is 19.4. The number of rotatable bonds is 7. The van der Waals surface area contributed by atoms with Gasteiger partial charge >= 0.3 is 0 Å². The number of methoxy groups -OCH3 is 1. The maximum absolute atomic E-state index is 13.3. The molecule has 0 aliphatic carbocycles. The Morgan fingerprint density at radius 2 is 1.60 bits per heavy atom. The van der Waals surface area contributed by atoms with E-state index in [1.165, 1.54) is 10.8 Å². The van der Waals surface area contributed by atoms with Gasteiger partial charge in [-0.3, -0.25) is 14.3 Å². The van der Waals surface area contributed by atoms with Crippen LogP contribution < -0.4 is 15.6 Å². The summed E-state index contributed by atoms with van der Waals surface area (Å²) in [5.74, 6) is 0.00136. The van der Waals surface area contributed by atoms with Crippen molar-refractivity contribution >= 4 is 17.7 Å². The molecule has 1 N–H and O–H groups in total. The van der Waals surface area contributed by atoms with Crippen molar-refractivity contribution in [3.63, 3.8) is 0 Å². The minimum atomic E-state index is -0.693. The number of carbonyl (C=O) groups excluding carboxylic acids is 1. The number of para-hydroxylation sites is 2. The molecule has 0 aliphatic heterocycles. The Hall–Kier alpha value is -5.62. The average Bonchev–Trinajstić information content (AvgIpc) is 3.51. The lowest BCUT2D eigenvalue weighted by Crippen LogP contribution is -2.23. The van der Waals surface area contributed by atoms with Gasteiger partial charge in [0.1, 0.15) is 23.1 Å². The number of hydrogen-bond acceptors (Lipinski definition) is 5. The highest BCUT2D eigenvalue weighted by Gasteiger charge is 2.21. The molecule has 0 radical (unpaired) electrons. The Morgan fingerprint density at radius 1 is 0.975 bits per heavy atom. The molecule has 198 valence electrons. The lowest BCUT2D eigenvalue weighted by molar-refractivity contribution is -0.112. The fraction of sp³-hybridized carbons (Fsp3) is 0.0968. The van der Waals surface area contributed by atoms with Crippen LogP contribution in [0.1, 0.15) is 11.3 Å². The number of carbonyl (C=O) groups is 1. The second-order valence-corrected chi connectivity index (χ2v) is 9.00. The van der Waals surface area contributed by atoms with E-state index in [1.807, 2.05) is 78.9 Å². The molecular weight excluding hydrogens is 504 g/mol.